The summed E-state index contributed by atoms with van der Waals surface area (Å²) in [5.41, 5.74) is 0. The lowest BCUT2D eigenvalue weighted by atomic mass is 10.00. The molecule has 0 bridgehead atoms. The SMILES string of the molecule is Cc1ncc(C(=O)N2CCCCC2CCCl)s1. The molecule has 1 saturated heterocycles. The van der Waals surface area contributed by atoms with E-state index in [2.05, 4.69) is 4.98 Å². The minimum absolute atomic E-state index is 0.130. The lowest BCUT2D eigenvalue weighted by molar-refractivity contribution is 0.0614. The summed E-state index contributed by atoms with van der Waals surface area (Å²) < 4.78 is 0. The predicted octanol–water partition coefficient (Wildman–Crippen LogP) is 3.08. The number of hydrogen-bond donors (Lipinski definition) is 0. The highest BCUT2D eigenvalue weighted by Gasteiger charge is 2.27. The van der Waals surface area contributed by atoms with Crippen LogP contribution >= 0.6 is 22.9 Å². The topological polar surface area (TPSA) is 33.2 Å². The first-order valence-electron chi connectivity index (χ1n) is 6.01. The minimum atomic E-state index is 0.130. The van der Waals surface area contributed by atoms with Gasteiger partial charge in [0.25, 0.3) is 5.91 Å². The molecule has 0 aromatic carbocycles. The van der Waals surface area contributed by atoms with Gasteiger partial charge in [0, 0.05) is 18.5 Å². The Morgan fingerprint density at radius 1 is 1.65 bits per heavy atom. The lowest BCUT2D eigenvalue weighted by Gasteiger charge is -2.35. The van der Waals surface area contributed by atoms with Crippen molar-refractivity contribution in [2.45, 2.75) is 38.6 Å². The maximum absolute atomic E-state index is 12.4. The van der Waals surface area contributed by atoms with Crippen LogP contribution in [-0.4, -0.2) is 34.3 Å². The Labute approximate surface area is 111 Å². The van der Waals surface area contributed by atoms with E-state index >= 15 is 0 Å². The molecule has 1 aliphatic heterocycles. The van der Waals surface area contributed by atoms with Gasteiger partial charge in [-0.3, -0.25) is 4.79 Å². The van der Waals surface area contributed by atoms with Gasteiger partial charge in [0.15, 0.2) is 0 Å². The number of amides is 1. The zero-order valence-corrected chi connectivity index (χ0v) is 11.6. The van der Waals surface area contributed by atoms with E-state index in [0.717, 1.165) is 35.7 Å². The molecule has 0 saturated carbocycles. The number of hydrogen-bond acceptors (Lipinski definition) is 3. The molecule has 1 fully saturated rings. The first kappa shape index (κ1) is 12.8. The smallest absolute Gasteiger partial charge is 0.265 e. The van der Waals surface area contributed by atoms with E-state index in [-0.39, 0.29) is 5.91 Å². The number of carbonyl (C=O) groups excluding carboxylic acids is 1. The fraction of sp³-hybridized carbons (Fsp3) is 0.667. The van der Waals surface area contributed by atoms with Crippen molar-refractivity contribution in [1.29, 1.82) is 0 Å². The van der Waals surface area contributed by atoms with Gasteiger partial charge in [-0.25, -0.2) is 4.98 Å². The second-order valence-corrected chi connectivity index (χ2v) is 5.98. The Bertz CT molecular complexity index is 392. The number of aromatic nitrogens is 1. The van der Waals surface area contributed by atoms with Gasteiger partial charge >= 0.3 is 0 Å². The highest BCUT2D eigenvalue weighted by atomic mass is 35.5. The minimum Gasteiger partial charge on any atom is -0.335 e. The number of thiazole rings is 1. The predicted molar refractivity (Wildman–Crippen MR) is 70.9 cm³/mol. The second-order valence-electron chi connectivity index (χ2n) is 4.37. The number of alkyl halides is 1. The van der Waals surface area contributed by atoms with E-state index in [1.807, 2.05) is 11.8 Å². The third kappa shape index (κ3) is 2.99. The molecule has 0 radical (unpaired) electrons. The molecule has 5 heteroatoms. The van der Waals surface area contributed by atoms with Crippen LogP contribution < -0.4 is 0 Å². The number of halogens is 1. The van der Waals surface area contributed by atoms with Crippen molar-refractivity contribution < 1.29 is 4.79 Å². The molecule has 17 heavy (non-hydrogen) atoms. The van der Waals surface area contributed by atoms with Gasteiger partial charge in [0.2, 0.25) is 0 Å². The molecular formula is C12H17ClN2OS. The van der Waals surface area contributed by atoms with Crippen molar-refractivity contribution >= 4 is 28.8 Å². The van der Waals surface area contributed by atoms with Crippen LogP contribution in [-0.2, 0) is 0 Å². The zero-order chi connectivity index (χ0) is 12.3. The Hall–Kier alpha value is -0.610. The summed E-state index contributed by atoms with van der Waals surface area (Å²) in [4.78, 5) is 19.2. The first-order chi connectivity index (χ1) is 8.22. The van der Waals surface area contributed by atoms with Gasteiger partial charge in [-0.1, -0.05) is 0 Å². The average Bonchev–Trinajstić information content (AvgIpc) is 2.76. The average molecular weight is 273 g/mol. The summed E-state index contributed by atoms with van der Waals surface area (Å²) in [6, 6.07) is 0.316. The van der Waals surface area contributed by atoms with Crippen LogP contribution in [0.5, 0.6) is 0 Å². The number of carbonyl (C=O) groups is 1. The summed E-state index contributed by atoms with van der Waals surface area (Å²) in [7, 11) is 0. The molecule has 0 spiro atoms. The molecule has 0 aliphatic carbocycles. The van der Waals surface area contributed by atoms with Crippen LogP contribution in [0.15, 0.2) is 6.20 Å². The number of aryl methyl sites for hydroxylation is 1. The molecule has 1 atom stereocenters. The molecule has 1 aromatic heterocycles. The van der Waals surface area contributed by atoms with Crippen molar-refractivity contribution in [3.05, 3.63) is 16.1 Å². The molecule has 2 rings (SSSR count). The van der Waals surface area contributed by atoms with Gasteiger partial charge in [-0.05, 0) is 32.6 Å². The third-order valence-corrected chi connectivity index (χ3v) is 4.28. The van der Waals surface area contributed by atoms with E-state index in [4.69, 9.17) is 11.6 Å². The first-order valence-corrected chi connectivity index (χ1v) is 7.37. The summed E-state index contributed by atoms with van der Waals surface area (Å²) in [5, 5.41) is 0.944. The van der Waals surface area contributed by atoms with Gasteiger partial charge in [0.1, 0.15) is 4.88 Å². The Morgan fingerprint density at radius 2 is 2.47 bits per heavy atom. The molecule has 3 nitrogen and oxygen atoms in total. The maximum atomic E-state index is 12.4. The summed E-state index contributed by atoms with van der Waals surface area (Å²) in [5.74, 6) is 0.751. The number of nitrogens with zero attached hydrogens (tertiary/aromatic N) is 2. The summed E-state index contributed by atoms with van der Waals surface area (Å²) >= 11 is 7.28. The van der Waals surface area contributed by atoms with Gasteiger partial charge in [0.05, 0.1) is 11.2 Å². The normalized spacial score (nSPS) is 20.6. The summed E-state index contributed by atoms with van der Waals surface area (Å²) in [6.07, 6.45) is 5.96. The van der Waals surface area contributed by atoms with Crippen LogP contribution in [0.1, 0.15) is 40.4 Å². The zero-order valence-electron chi connectivity index (χ0n) is 9.99. The third-order valence-electron chi connectivity index (χ3n) is 3.16. The fourth-order valence-corrected chi connectivity index (χ4v) is 3.28. The number of likely N-dealkylation sites (tertiary alicyclic amines) is 1. The van der Waals surface area contributed by atoms with Gasteiger partial charge < -0.3 is 4.90 Å². The van der Waals surface area contributed by atoms with Crippen LogP contribution in [0.3, 0.4) is 0 Å². The molecule has 0 N–H and O–H groups in total. The van der Waals surface area contributed by atoms with Crippen LogP contribution in [0.2, 0.25) is 0 Å². The summed E-state index contributed by atoms with van der Waals surface area (Å²) in [6.45, 7) is 2.78. The van der Waals surface area contributed by atoms with Crippen molar-refractivity contribution in [1.82, 2.24) is 9.88 Å². The number of piperidine rings is 1. The molecule has 1 unspecified atom stereocenters. The highest BCUT2D eigenvalue weighted by Crippen LogP contribution is 2.24. The molecule has 1 aromatic rings. The molecule has 2 heterocycles. The monoisotopic (exact) mass is 272 g/mol. The van der Waals surface area contributed by atoms with Gasteiger partial charge in [-0.15, -0.1) is 22.9 Å². The van der Waals surface area contributed by atoms with Crippen molar-refractivity contribution in [2.75, 3.05) is 12.4 Å². The molecule has 1 aliphatic rings. The van der Waals surface area contributed by atoms with E-state index in [1.165, 1.54) is 17.8 Å². The van der Waals surface area contributed by atoms with Crippen LogP contribution in [0.4, 0.5) is 0 Å². The largest absolute Gasteiger partial charge is 0.335 e. The van der Waals surface area contributed by atoms with Crippen molar-refractivity contribution in [3.8, 4) is 0 Å². The Morgan fingerprint density at radius 3 is 3.12 bits per heavy atom. The molecule has 1 amide bonds. The van der Waals surface area contributed by atoms with E-state index in [1.54, 1.807) is 6.20 Å². The maximum Gasteiger partial charge on any atom is 0.265 e. The fourth-order valence-electron chi connectivity index (χ4n) is 2.30. The Balaban J connectivity index is 2.10. The van der Waals surface area contributed by atoms with Crippen molar-refractivity contribution in [2.24, 2.45) is 0 Å². The van der Waals surface area contributed by atoms with E-state index in [9.17, 15) is 4.79 Å². The quantitative estimate of drug-likeness (QED) is 0.793. The standard InChI is InChI=1S/C12H17ClN2OS/c1-9-14-8-11(17-9)12(16)15-7-3-2-4-10(15)5-6-13/h8,10H,2-7H2,1H3. The van der Waals surface area contributed by atoms with Crippen LogP contribution in [0, 0.1) is 6.92 Å². The number of rotatable bonds is 3. The Kier molecular flexibility index (Phi) is 4.40. The van der Waals surface area contributed by atoms with E-state index in [0.29, 0.717) is 11.9 Å². The van der Waals surface area contributed by atoms with Crippen LogP contribution in [0.25, 0.3) is 0 Å². The van der Waals surface area contributed by atoms with Gasteiger partial charge in [-0.2, -0.15) is 0 Å². The highest BCUT2D eigenvalue weighted by molar-refractivity contribution is 7.13. The molecule has 94 valence electrons. The van der Waals surface area contributed by atoms with Crippen molar-refractivity contribution in [3.63, 3.8) is 0 Å². The van der Waals surface area contributed by atoms with E-state index < -0.39 is 0 Å². The lowest BCUT2D eigenvalue weighted by Crippen LogP contribution is -2.43. The second kappa shape index (κ2) is 5.83. The molecular weight excluding hydrogens is 256 g/mol.